The first-order valence-electron chi connectivity index (χ1n) is 8.58. The fraction of sp³-hybridized carbons (Fsp3) is 0.136. The molecule has 0 saturated heterocycles. The number of hydrogen-bond donors (Lipinski definition) is 0. The quantitative estimate of drug-likeness (QED) is 0.640. The van der Waals surface area contributed by atoms with Gasteiger partial charge in [0.05, 0.1) is 11.3 Å². The van der Waals surface area contributed by atoms with Gasteiger partial charge in [0.1, 0.15) is 0 Å². The number of fused-ring (bicyclic) bond motifs is 3. The first-order valence-corrected chi connectivity index (χ1v) is 10.6. The number of carbonyl (C=O) groups excluding carboxylic acids is 1. The maximum Gasteiger partial charge on any atom is 0.339 e. The van der Waals surface area contributed by atoms with Crippen LogP contribution in [-0.4, -0.2) is 20.6 Å². The second-order valence-electron chi connectivity index (χ2n) is 6.73. The Morgan fingerprint density at radius 3 is 2.07 bits per heavy atom. The highest BCUT2D eigenvalue weighted by Gasteiger charge is 2.31. The summed E-state index contributed by atoms with van der Waals surface area (Å²) in [5, 5.41) is 0. The molecular weight excluding hydrogens is 360 g/mol. The van der Waals surface area contributed by atoms with Crippen LogP contribution in [0.2, 0.25) is 0 Å². The van der Waals surface area contributed by atoms with Gasteiger partial charge in [0.25, 0.3) is 0 Å². The lowest BCUT2D eigenvalue weighted by Gasteiger charge is -2.15. The Labute approximate surface area is 158 Å². The van der Waals surface area contributed by atoms with Gasteiger partial charge < -0.3 is 4.74 Å². The van der Waals surface area contributed by atoms with Crippen LogP contribution in [0, 0.1) is 0 Å². The van der Waals surface area contributed by atoms with Crippen molar-refractivity contribution in [1.29, 1.82) is 0 Å². The molecule has 3 aromatic rings. The van der Waals surface area contributed by atoms with Gasteiger partial charge in [-0.3, -0.25) is 0 Å². The van der Waals surface area contributed by atoms with Crippen molar-refractivity contribution in [2.75, 3.05) is 6.26 Å². The van der Waals surface area contributed by atoms with Crippen molar-refractivity contribution in [3.8, 4) is 11.1 Å². The molecule has 0 saturated carbocycles. The number of ether oxygens (including phenoxy) is 1. The molecule has 0 bridgehead atoms. The fourth-order valence-corrected chi connectivity index (χ4v) is 4.29. The minimum absolute atomic E-state index is 0.108. The molecule has 1 aliphatic carbocycles. The summed E-state index contributed by atoms with van der Waals surface area (Å²) in [5.41, 5.74) is 4.96. The highest BCUT2D eigenvalue weighted by molar-refractivity contribution is 7.89. The Hall–Kier alpha value is -2.92. The van der Waals surface area contributed by atoms with Crippen molar-refractivity contribution in [3.05, 3.63) is 95.1 Å². The van der Waals surface area contributed by atoms with Crippen LogP contribution in [0.15, 0.2) is 72.8 Å². The average Bonchev–Trinajstić information content (AvgIpc) is 2.95. The highest BCUT2D eigenvalue weighted by Crippen LogP contribution is 2.45. The standard InChI is InChI=1S/C22H18O4S/c1-27(24,25)14-15-7-6-8-16(13-15)22(23)26-21-19-11-4-2-9-17(19)18-10-3-5-12-20(18)21/h2-13,21H,14H2,1H3. The maximum atomic E-state index is 12.8. The van der Waals surface area contributed by atoms with E-state index in [4.69, 9.17) is 4.74 Å². The minimum Gasteiger partial charge on any atom is -0.449 e. The summed E-state index contributed by atoms with van der Waals surface area (Å²) in [4.78, 5) is 12.8. The van der Waals surface area contributed by atoms with E-state index in [2.05, 4.69) is 0 Å². The van der Waals surface area contributed by atoms with Crippen molar-refractivity contribution in [2.45, 2.75) is 11.9 Å². The van der Waals surface area contributed by atoms with Gasteiger partial charge in [-0.25, -0.2) is 13.2 Å². The van der Waals surface area contributed by atoms with Crippen LogP contribution in [0.5, 0.6) is 0 Å². The van der Waals surface area contributed by atoms with Crippen LogP contribution in [0.25, 0.3) is 11.1 Å². The molecule has 0 atom stereocenters. The van der Waals surface area contributed by atoms with E-state index in [1.165, 1.54) is 6.26 Å². The van der Waals surface area contributed by atoms with Gasteiger partial charge in [-0.15, -0.1) is 0 Å². The first kappa shape index (κ1) is 17.5. The second-order valence-corrected chi connectivity index (χ2v) is 8.87. The van der Waals surface area contributed by atoms with E-state index in [0.717, 1.165) is 22.3 Å². The van der Waals surface area contributed by atoms with E-state index in [1.54, 1.807) is 24.3 Å². The number of carbonyl (C=O) groups is 1. The molecule has 0 unspecified atom stereocenters. The van der Waals surface area contributed by atoms with E-state index < -0.39 is 21.9 Å². The predicted octanol–water partition coefficient (Wildman–Crippen LogP) is 4.16. The van der Waals surface area contributed by atoms with Crippen molar-refractivity contribution in [3.63, 3.8) is 0 Å². The van der Waals surface area contributed by atoms with Gasteiger partial charge in [-0.05, 0) is 28.8 Å². The SMILES string of the molecule is CS(=O)(=O)Cc1cccc(C(=O)OC2c3ccccc3-c3ccccc32)c1. The summed E-state index contributed by atoms with van der Waals surface area (Å²) in [5.74, 6) is -0.578. The molecule has 0 amide bonds. The molecule has 0 radical (unpaired) electrons. The lowest BCUT2D eigenvalue weighted by atomic mass is 10.1. The Balaban J connectivity index is 1.65. The summed E-state index contributed by atoms with van der Waals surface area (Å²) in [7, 11) is -3.17. The number of benzene rings is 3. The zero-order chi connectivity index (χ0) is 19.0. The third-order valence-electron chi connectivity index (χ3n) is 4.59. The van der Waals surface area contributed by atoms with E-state index in [1.807, 2.05) is 48.5 Å². The molecule has 0 aromatic heterocycles. The maximum absolute atomic E-state index is 12.8. The number of esters is 1. The lowest BCUT2D eigenvalue weighted by molar-refractivity contribution is 0.0385. The monoisotopic (exact) mass is 378 g/mol. The second kappa shape index (κ2) is 6.67. The Kier molecular flexibility index (Phi) is 4.32. The smallest absolute Gasteiger partial charge is 0.339 e. The Morgan fingerprint density at radius 2 is 1.48 bits per heavy atom. The van der Waals surface area contributed by atoms with Crippen LogP contribution in [-0.2, 0) is 20.3 Å². The van der Waals surface area contributed by atoms with Crippen LogP contribution < -0.4 is 0 Å². The van der Waals surface area contributed by atoms with Crippen LogP contribution in [0.4, 0.5) is 0 Å². The van der Waals surface area contributed by atoms with Gasteiger partial charge in [0.15, 0.2) is 15.9 Å². The van der Waals surface area contributed by atoms with E-state index in [-0.39, 0.29) is 5.75 Å². The molecule has 27 heavy (non-hydrogen) atoms. The van der Waals surface area contributed by atoms with Crippen molar-refractivity contribution < 1.29 is 17.9 Å². The zero-order valence-electron chi connectivity index (χ0n) is 14.8. The Bertz CT molecular complexity index is 1090. The molecule has 0 spiro atoms. The molecule has 4 nitrogen and oxygen atoms in total. The molecule has 1 aliphatic rings. The summed E-state index contributed by atoms with van der Waals surface area (Å²) in [6, 6.07) is 22.4. The normalized spacial score (nSPS) is 13.1. The van der Waals surface area contributed by atoms with E-state index in [0.29, 0.717) is 11.1 Å². The molecule has 4 rings (SSSR count). The molecule has 0 N–H and O–H groups in total. The molecule has 0 fully saturated rings. The molecule has 5 heteroatoms. The van der Waals surface area contributed by atoms with Crippen molar-refractivity contribution in [2.24, 2.45) is 0 Å². The van der Waals surface area contributed by atoms with Gasteiger partial charge in [0.2, 0.25) is 0 Å². The number of sulfone groups is 1. The minimum atomic E-state index is -3.17. The van der Waals surface area contributed by atoms with Crippen LogP contribution in [0.1, 0.15) is 33.2 Å². The topological polar surface area (TPSA) is 60.4 Å². The van der Waals surface area contributed by atoms with Gasteiger partial charge >= 0.3 is 5.97 Å². The molecule has 136 valence electrons. The van der Waals surface area contributed by atoms with Crippen molar-refractivity contribution in [1.82, 2.24) is 0 Å². The molecular formula is C22H18O4S. The average molecular weight is 378 g/mol. The molecule has 0 heterocycles. The van der Waals surface area contributed by atoms with Crippen LogP contribution >= 0.6 is 0 Å². The van der Waals surface area contributed by atoms with E-state index >= 15 is 0 Å². The van der Waals surface area contributed by atoms with Crippen LogP contribution in [0.3, 0.4) is 0 Å². The summed E-state index contributed by atoms with van der Waals surface area (Å²) >= 11 is 0. The first-order chi connectivity index (χ1) is 12.9. The molecule has 3 aromatic carbocycles. The van der Waals surface area contributed by atoms with Gasteiger partial charge in [0, 0.05) is 17.4 Å². The predicted molar refractivity (Wildman–Crippen MR) is 104 cm³/mol. The van der Waals surface area contributed by atoms with Crippen molar-refractivity contribution >= 4 is 15.8 Å². The summed E-state index contributed by atoms with van der Waals surface area (Å²) < 4.78 is 28.9. The third kappa shape index (κ3) is 3.51. The summed E-state index contributed by atoms with van der Waals surface area (Å²) in [6.45, 7) is 0. The lowest BCUT2D eigenvalue weighted by Crippen LogP contribution is -2.11. The van der Waals surface area contributed by atoms with Gasteiger partial charge in [-0.2, -0.15) is 0 Å². The largest absolute Gasteiger partial charge is 0.449 e. The fourth-order valence-electron chi connectivity index (χ4n) is 3.50. The third-order valence-corrected chi connectivity index (χ3v) is 5.45. The molecule has 0 aliphatic heterocycles. The van der Waals surface area contributed by atoms with Gasteiger partial charge in [-0.1, -0.05) is 60.7 Å². The summed E-state index contributed by atoms with van der Waals surface area (Å²) in [6.07, 6.45) is 0.702. The number of rotatable bonds is 4. The highest BCUT2D eigenvalue weighted by atomic mass is 32.2. The number of hydrogen-bond acceptors (Lipinski definition) is 4. The Morgan fingerprint density at radius 1 is 0.889 bits per heavy atom. The zero-order valence-corrected chi connectivity index (χ0v) is 15.6. The van der Waals surface area contributed by atoms with E-state index in [9.17, 15) is 13.2 Å².